The first kappa shape index (κ1) is 13.7. The fourth-order valence-electron chi connectivity index (χ4n) is 2.42. The van der Waals surface area contributed by atoms with Crippen LogP contribution < -0.4 is 5.32 Å². The molecular formula is C19H19NO. The Morgan fingerprint density at radius 3 is 2.57 bits per heavy atom. The highest BCUT2D eigenvalue weighted by Crippen LogP contribution is 2.21. The fourth-order valence-corrected chi connectivity index (χ4v) is 2.42. The standard InChI is InChI=1S/C19H19NO/c1-15(17-7-3-2-4-8-17)20-13-16-6-5-9-18(12-16)19-10-11-21-14-19/h2-12,14-15,20H,13H2,1H3. The Bertz CT molecular complexity index is 674. The second-order valence-corrected chi connectivity index (χ2v) is 5.23. The van der Waals surface area contributed by atoms with Gasteiger partial charge in [0, 0.05) is 18.2 Å². The van der Waals surface area contributed by atoms with E-state index in [-0.39, 0.29) is 0 Å². The first-order valence-electron chi connectivity index (χ1n) is 7.23. The third-order valence-electron chi connectivity index (χ3n) is 3.69. The highest BCUT2D eigenvalue weighted by Gasteiger charge is 2.05. The number of hydrogen-bond acceptors (Lipinski definition) is 2. The van der Waals surface area contributed by atoms with E-state index in [2.05, 4.69) is 60.8 Å². The molecule has 21 heavy (non-hydrogen) atoms. The summed E-state index contributed by atoms with van der Waals surface area (Å²) in [7, 11) is 0. The molecule has 1 heterocycles. The van der Waals surface area contributed by atoms with Crippen molar-refractivity contribution in [3.63, 3.8) is 0 Å². The molecule has 3 rings (SSSR count). The summed E-state index contributed by atoms with van der Waals surface area (Å²) in [4.78, 5) is 0. The van der Waals surface area contributed by atoms with Crippen LogP contribution in [0.3, 0.4) is 0 Å². The Balaban J connectivity index is 1.67. The zero-order chi connectivity index (χ0) is 14.5. The molecule has 1 atom stereocenters. The number of benzene rings is 2. The molecule has 0 amide bonds. The molecule has 2 heteroatoms. The molecule has 1 N–H and O–H groups in total. The molecule has 0 aliphatic rings. The molecule has 0 saturated carbocycles. The van der Waals surface area contributed by atoms with Gasteiger partial charge in [-0.2, -0.15) is 0 Å². The van der Waals surface area contributed by atoms with Gasteiger partial charge in [0.15, 0.2) is 0 Å². The Morgan fingerprint density at radius 2 is 1.81 bits per heavy atom. The fraction of sp³-hybridized carbons (Fsp3) is 0.158. The Kier molecular flexibility index (Phi) is 4.17. The molecule has 1 unspecified atom stereocenters. The van der Waals surface area contributed by atoms with Crippen LogP contribution in [-0.2, 0) is 6.54 Å². The normalized spacial score (nSPS) is 12.2. The van der Waals surface area contributed by atoms with Crippen LogP contribution in [0.1, 0.15) is 24.1 Å². The first-order chi connectivity index (χ1) is 10.3. The van der Waals surface area contributed by atoms with E-state index in [1.165, 1.54) is 16.7 Å². The molecule has 2 aromatic carbocycles. The number of rotatable bonds is 5. The van der Waals surface area contributed by atoms with Crippen molar-refractivity contribution in [2.75, 3.05) is 0 Å². The molecular weight excluding hydrogens is 258 g/mol. The first-order valence-corrected chi connectivity index (χ1v) is 7.23. The minimum absolute atomic E-state index is 0.337. The Hall–Kier alpha value is -2.32. The maximum atomic E-state index is 5.15. The number of hydrogen-bond donors (Lipinski definition) is 1. The largest absolute Gasteiger partial charge is 0.472 e. The van der Waals surface area contributed by atoms with Crippen LogP contribution >= 0.6 is 0 Å². The summed E-state index contributed by atoms with van der Waals surface area (Å²) in [5.74, 6) is 0. The summed E-state index contributed by atoms with van der Waals surface area (Å²) in [6.07, 6.45) is 3.48. The van der Waals surface area contributed by atoms with E-state index in [1.807, 2.05) is 12.1 Å². The van der Waals surface area contributed by atoms with Gasteiger partial charge in [0.1, 0.15) is 0 Å². The average molecular weight is 277 g/mol. The molecule has 2 nitrogen and oxygen atoms in total. The summed E-state index contributed by atoms with van der Waals surface area (Å²) in [6.45, 7) is 3.04. The molecule has 0 bridgehead atoms. The molecule has 0 spiro atoms. The van der Waals surface area contributed by atoms with Gasteiger partial charge in [-0.05, 0) is 35.7 Å². The van der Waals surface area contributed by atoms with Crippen LogP contribution in [0.4, 0.5) is 0 Å². The van der Waals surface area contributed by atoms with Gasteiger partial charge in [-0.1, -0.05) is 48.5 Å². The van der Waals surface area contributed by atoms with E-state index in [0.717, 1.165) is 12.1 Å². The topological polar surface area (TPSA) is 25.2 Å². The second kappa shape index (κ2) is 6.42. The summed E-state index contributed by atoms with van der Waals surface area (Å²) in [5.41, 5.74) is 4.89. The average Bonchev–Trinajstić information content (AvgIpc) is 3.08. The highest BCUT2D eigenvalue weighted by atomic mass is 16.3. The molecule has 0 aliphatic carbocycles. The zero-order valence-corrected chi connectivity index (χ0v) is 12.1. The molecule has 1 aromatic heterocycles. The van der Waals surface area contributed by atoms with Crippen molar-refractivity contribution in [3.8, 4) is 11.1 Å². The van der Waals surface area contributed by atoms with Gasteiger partial charge in [-0.25, -0.2) is 0 Å². The van der Waals surface area contributed by atoms with Crippen LogP contribution in [0.5, 0.6) is 0 Å². The van der Waals surface area contributed by atoms with E-state index in [4.69, 9.17) is 4.42 Å². The van der Waals surface area contributed by atoms with Crippen LogP contribution in [0.15, 0.2) is 77.6 Å². The molecule has 0 radical (unpaired) electrons. The lowest BCUT2D eigenvalue weighted by atomic mass is 10.0. The van der Waals surface area contributed by atoms with Crippen molar-refractivity contribution < 1.29 is 4.42 Å². The van der Waals surface area contributed by atoms with Crippen molar-refractivity contribution in [3.05, 3.63) is 84.3 Å². The lowest BCUT2D eigenvalue weighted by molar-refractivity contribution is 0.568. The van der Waals surface area contributed by atoms with E-state index < -0.39 is 0 Å². The van der Waals surface area contributed by atoms with Gasteiger partial charge in [0.25, 0.3) is 0 Å². The van der Waals surface area contributed by atoms with Crippen molar-refractivity contribution in [2.24, 2.45) is 0 Å². The lowest BCUT2D eigenvalue weighted by Gasteiger charge is -2.14. The monoisotopic (exact) mass is 277 g/mol. The lowest BCUT2D eigenvalue weighted by Crippen LogP contribution is -2.17. The van der Waals surface area contributed by atoms with Gasteiger partial charge in [-0.15, -0.1) is 0 Å². The molecule has 0 fully saturated rings. The quantitative estimate of drug-likeness (QED) is 0.725. The van der Waals surface area contributed by atoms with E-state index in [0.29, 0.717) is 6.04 Å². The van der Waals surface area contributed by atoms with Gasteiger partial charge >= 0.3 is 0 Å². The van der Waals surface area contributed by atoms with E-state index in [9.17, 15) is 0 Å². The highest BCUT2D eigenvalue weighted by molar-refractivity contribution is 5.62. The third kappa shape index (κ3) is 3.41. The Morgan fingerprint density at radius 1 is 0.952 bits per heavy atom. The second-order valence-electron chi connectivity index (χ2n) is 5.23. The van der Waals surface area contributed by atoms with Crippen LogP contribution in [0.25, 0.3) is 11.1 Å². The third-order valence-corrected chi connectivity index (χ3v) is 3.69. The van der Waals surface area contributed by atoms with Crippen molar-refractivity contribution >= 4 is 0 Å². The molecule has 0 saturated heterocycles. The van der Waals surface area contributed by atoms with Crippen molar-refractivity contribution in [1.29, 1.82) is 0 Å². The minimum atomic E-state index is 0.337. The predicted octanol–water partition coefficient (Wildman–Crippen LogP) is 4.80. The van der Waals surface area contributed by atoms with Crippen LogP contribution in [0, 0.1) is 0 Å². The van der Waals surface area contributed by atoms with Gasteiger partial charge in [0.2, 0.25) is 0 Å². The van der Waals surface area contributed by atoms with E-state index >= 15 is 0 Å². The van der Waals surface area contributed by atoms with Crippen LogP contribution in [0.2, 0.25) is 0 Å². The minimum Gasteiger partial charge on any atom is -0.472 e. The van der Waals surface area contributed by atoms with Gasteiger partial charge in [0.05, 0.1) is 12.5 Å². The molecule has 106 valence electrons. The maximum Gasteiger partial charge on any atom is 0.0980 e. The van der Waals surface area contributed by atoms with Gasteiger partial charge in [-0.3, -0.25) is 0 Å². The van der Waals surface area contributed by atoms with Crippen molar-refractivity contribution in [1.82, 2.24) is 5.32 Å². The SMILES string of the molecule is CC(NCc1cccc(-c2ccoc2)c1)c1ccccc1. The molecule has 0 aliphatic heterocycles. The predicted molar refractivity (Wildman–Crippen MR) is 85.8 cm³/mol. The van der Waals surface area contributed by atoms with Crippen LogP contribution in [-0.4, -0.2) is 0 Å². The smallest absolute Gasteiger partial charge is 0.0980 e. The van der Waals surface area contributed by atoms with Crippen molar-refractivity contribution in [2.45, 2.75) is 19.5 Å². The summed E-state index contributed by atoms with van der Waals surface area (Å²) in [5, 5.41) is 3.56. The number of nitrogens with one attached hydrogen (secondary N) is 1. The summed E-state index contributed by atoms with van der Waals surface area (Å²) in [6, 6.07) is 21.4. The Labute approximate surface area is 125 Å². The summed E-state index contributed by atoms with van der Waals surface area (Å²) >= 11 is 0. The summed E-state index contributed by atoms with van der Waals surface area (Å²) < 4.78 is 5.15. The van der Waals surface area contributed by atoms with E-state index in [1.54, 1.807) is 12.5 Å². The zero-order valence-electron chi connectivity index (χ0n) is 12.1. The molecule has 3 aromatic rings. The van der Waals surface area contributed by atoms with Gasteiger partial charge < -0.3 is 9.73 Å². The maximum absolute atomic E-state index is 5.15. The number of furan rings is 1.